The Kier molecular flexibility index (Phi) is 4.24. The number of aryl methyl sites for hydroxylation is 1. The quantitative estimate of drug-likeness (QED) is 0.844. The molecule has 106 valence electrons. The zero-order valence-electron chi connectivity index (χ0n) is 11.4. The van der Waals surface area contributed by atoms with Crippen molar-refractivity contribution in [2.45, 2.75) is 20.0 Å². The average molecular weight is 276 g/mol. The smallest absolute Gasteiger partial charge is 0.341 e. The van der Waals surface area contributed by atoms with Crippen molar-refractivity contribution in [3.05, 3.63) is 52.3 Å². The van der Waals surface area contributed by atoms with E-state index in [2.05, 4.69) is 10.1 Å². The molecule has 6 heteroatoms. The van der Waals surface area contributed by atoms with E-state index in [0.29, 0.717) is 24.4 Å². The van der Waals surface area contributed by atoms with Gasteiger partial charge in [0, 0.05) is 18.8 Å². The number of ether oxygens (including phenoxy) is 1. The van der Waals surface area contributed by atoms with Crippen molar-refractivity contribution in [3.8, 4) is 0 Å². The number of hydrogen-bond donors (Lipinski definition) is 1. The van der Waals surface area contributed by atoms with E-state index in [1.165, 1.54) is 19.4 Å². The molecule has 0 atom stereocenters. The van der Waals surface area contributed by atoms with E-state index in [1.54, 1.807) is 22.9 Å². The van der Waals surface area contributed by atoms with Gasteiger partial charge in [-0.2, -0.15) is 0 Å². The van der Waals surface area contributed by atoms with Crippen molar-refractivity contribution in [1.29, 1.82) is 0 Å². The minimum Gasteiger partial charge on any atom is -0.467 e. The summed E-state index contributed by atoms with van der Waals surface area (Å²) < 4.78 is 11.5. The number of nitrogens with zero attached hydrogens (tertiary/aromatic N) is 1. The predicted molar refractivity (Wildman–Crippen MR) is 73.8 cm³/mol. The van der Waals surface area contributed by atoms with Gasteiger partial charge in [-0.25, -0.2) is 4.79 Å². The lowest BCUT2D eigenvalue weighted by Crippen LogP contribution is -2.17. The molecule has 1 N–H and O–H groups in total. The fourth-order valence-corrected chi connectivity index (χ4v) is 1.77. The molecule has 0 amide bonds. The van der Waals surface area contributed by atoms with E-state index in [0.717, 1.165) is 5.69 Å². The van der Waals surface area contributed by atoms with E-state index in [9.17, 15) is 9.59 Å². The topological polar surface area (TPSA) is 73.5 Å². The molecular formula is C14H16N2O4. The molecule has 0 aromatic carbocycles. The minimum absolute atomic E-state index is 0.0379. The van der Waals surface area contributed by atoms with Gasteiger partial charge in [0.2, 0.25) is 0 Å². The number of rotatable bonds is 5. The van der Waals surface area contributed by atoms with Crippen LogP contribution in [0.15, 0.2) is 39.9 Å². The van der Waals surface area contributed by atoms with Crippen molar-refractivity contribution in [2.24, 2.45) is 0 Å². The number of aromatic nitrogens is 1. The maximum Gasteiger partial charge on any atom is 0.341 e. The Morgan fingerprint density at radius 2 is 2.25 bits per heavy atom. The van der Waals surface area contributed by atoms with Crippen LogP contribution in [0, 0.1) is 0 Å². The Bertz CT molecular complexity index is 657. The van der Waals surface area contributed by atoms with Gasteiger partial charge >= 0.3 is 5.97 Å². The van der Waals surface area contributed by atoms with Gasteiger partial charge in [-0.3, -0.25) is 4.79 Å². The molecule has 0 spiro atoms. The van der Waals surface area contributed by atoms with Crippen LogP contribution < -0.4 is 10.9 Å². The second kappa shape index (κ2) is 6.10. The van der Waals surface area contributed by atoms with E-state index < -0.39 is 5.97 Å². The Labute approximate surface area is 116 Å². The number of methoxy groups -OCH3 is 1. The van der Waals surface area contributed by atoms with Crippen LogP contribution in [-0.2, 0) is 17.8 Å². The molecule has 0 bridgehead atoms. The molecule has 2 aromatic heterocycles. The van der Waals surface area contributed by atoms with Crippen LogP contribution in [0.5, 0.6) is 0 Å². The van der Waals surface area contributed by atoms with Gasteiger partial charge in [-0.05, 0) is 19.1 Å². The second-order valence-corrected chi connectivity index (χ2v) is 4.19. The molecule has 0 saturated heterocycles. The van der Waals surface area contributed by atoms with Crippen molar-refractivity contribution in [1.82, 2.24) is 4.57 Å². The van der Waals surface area contributed by atoms with Gasteiger partial charge in [0.1, 0.15) is 12.0 Å². The summed E-state index contributed by atoms with van der Waals surface area (Å²) >= 11 is 0. The van der Waals surface area contributed by atoms with Crippen LogP contribution in [0.1, 0.15) is 23.0 Å². The molecule has 0 aliphatic rings. The number of anilines is 1. The largest absolute Gasteiger partial charge is 0.467 e. The third-order valence-corrected chi connectivity index (χ3v) is 2.87. The molecule has 20 heavy (non-hydrogen) atoms. The van der Waals surface area contributed by atoms with Gasteiger partial charge in [-0.1, -0.05) is 0 Å². The van der Waals surface area contributed by atoms with Gasteiger partial charge in [0.15, 0.2) is 0 Å². The molecule has 6 nitrogen and oxygen atoms in total. The van der Waals surface area contributed by atoms with Gasteiger partial charge in [0.05, 0.1) is 24.9 Å². The molecule has 0 radical (unpaired) electrons. The van der Waals surface area contributed by atoms with Crippen molar-refractivity contribution in [3.63, 3.8) is 0 Å². The van der Waals surface area contributed by atoms with Crippen molar-refractivity contribution < 1.29 is 13.9 Å². The number of hydrogen-bond acceptors (Lipinski definition) is 5. The Morgan fingerprint density at radius 1 is 1.45 bits per heavy atom. The first-order valence-electron chi connectivity index (χ1n) is 6.24. The summed E-state index contributed by atoms with van der Waals surface area (Å²) in [5, 5.41) is 3.13. The molecule has 2 rings (SSSR count). The molecular weight excluding hydrogens is 260 g/mol. The van der Waals surface area contributed by atoms with Crippen LogP contribution in [-0.4, -0.2) is 17.6 Å². The highest BCUT2D eigenvalue weighted by Gasteiger charge is 2.09. The monoisotopic (exact) mass is 276 g/mol. The first-order valence-corrected chi connectivity index (χ1v) is 6.24. The average Bonchev–Trinajstić information content (AvgIpc) is 2.94. The summed E-state index contributed by atoms with van der Waals surface area (Å²) in [6.45, 7) is 2.93. The summed E-state index contributed by atoms with van der Waals surface area (Å²) in [6, 6.07) is 4.83. The van der Waals surface area contributed by atoms with Gasteiger partial charge in [-0.15, -0.1) is 0 Å². The number of carbonyl (C=O) groups is 1. The van der Waals surface area contributed by atoms with Crippen LogP contribution in [0.2, 0.25) is 0 Å². The van der Waals surface area contributed by atoms with Crippen LogP contribution >= 0.6 is 0 Å². The normalized spacial score (nSPS) is 10.3. The van der Waals surface area contributed by atoms with Gasteiger partial charge in [0.25, 0.3) is 5.56 Å². The molecule has 0 fully saturated rings. The first kappa shape index (κ1) is 13.9. The fraction of sp³-hybridized carbons (Fsp3) is 0.286. The van der Waals surface area contributed by atoms with Crippen molar-refractivity contribution in [2.75, 3.05) is 12.4 Å². The standard InChI is InChI=1S/C14H16N2O4/c1-3-16-8-11(4-5-13(16)17)15-7-12-6-10(9-20-12)14(18)19-2/h4-6,8-9,15H,3,7H2,1-2H3. The summed E-state index contributed by atoms with van der Waals surface area (Å²) in [5.74, 6) is 0.180. The molecule has 0 aliphatic heterocycles. The zero-order chi connectivity index (χ0) is 14.5. The zero-order valence-corrected chi connectivity index (χ0v) is 11.4. The molecule has 2 heterocycles. The SMILES string of the molecule is CCn1cc(NCc2cc(C(=O)OC)co2)ccc1=O. The Morgan fingerprint density at radius 3 is 2.95 bits per heavy atom. The second-order valence-electron chi connectivity index (χ2n) is 4.19. The number of nitrogens with one attached hydrogen (secondary N) is 1. The van der Waals surface area contributed by atoms with Crippen molar-refractivity contribution >= 4 is 11.7 Å². The summed E-state index contributed by atoms with van der Waals surface area (Å²) in [7, 11) is 1.32. The third kappa shape index (κ3) is 3.09. The highest BCUT2D eigenvalue weighted by Crippen LogP contribution is 2.11. The van der Waals surface area contributed by atoms with Gasteiger partial charge < -0.3 is 19.0 Å². The maximum atomic E-state index is 11.5. The fourth-order valence-electron chi connectivity index (χ4n) is 1.77. The predicted octanol–water partition coefficient (Wildman–Crippen LogP) is 1.86. The summed E-state index contributed by atoms with van der Waals surface area (Å²) in [5.41, 5.74) is 1.15. The maximum absolute atomic E-state index is 11.5. The number of esters is 1. The summed E-state index contributed by atoms with van der Waals surface area (Å²) in [6.07, 6.45) is 3.10. The number of furan rings is 1. The summed E-state index contributed by atoms with van der Waals surface area (Å²) in [4.78, 5) is 22.7. The minimum atomic E-state index is -0.431. The number of carbonyl (C=O) groups excluding carboxylic acids is 1. The third-order valence-electron chi connectivity index (χ3n) is 2.87. The number of pyridine rings is 1. The van der Waals surface area contributed by atoms with Crippen LogP contribution in [0.3, 0.4) is 0 Å². The lowest BCUT2D eigenvalue weighted by molar-refractivity contribution is 0.0600. The van der Waals surface area contributed by atoms with E-state index >= 15 is 0 Å². The van der Waals surface area contributed by atoms with E-state index in [4.69, 9.17) is 4.42 Å². The highest BCUT2D eigenvalue weighted by molar-refractivity contribution is 5.88. The molecule has 0 unspecified atom stereocenters. The molecule has 0 saturated carbocycles. The Hall–Kier alpha value is -2.50. The lowest BCUT2D eigenvalue weighted by Gasteiger charge is -2.07. The van der Waals surface area contributed by atoms with Crippen LogP contribution in [0.4, 0.5) is 5.69 Å². The molecule has 0 aliphatic carbocycles. The van der Waals surface area contributed by atoms with E-state index in [1.807, 2.05) is 6.92 Å². The first-order chi connectivity index (χ1) is 9.63. The highest BCUT2D eigenvalue weighted by atomic mass is 16.5. The van der Waals surface area contributed by atoms with E-state index in [-0.39, 0.29) is 5.56 Å². The lowest BCUT2D eigenvalue weighted by atomic mass is 10.3. The Balaban J connectivity index is 2.03. The van der Waals surface area contributed by atoms with Crippen LogP contribution in [0.25, 0.3) is 0 Å². The molecule has 2 aromatic rings.